The number of anilines is 2. The maximum Gasteiger partial charge on any atom is 0.293 e. The molecule has 138 valence electrons. The molecule has 9 heteroatoms. The lowest BCUT2D eigenvalue weighted by molar-refractivity contribution is -0.384. The number of nitrogens with one attached hydrogen (secondary N) is 1. The Kier molecular flexibility index (Phi) is 4.36. The number of hydrogen-bond acceptors (Lipinski definition) is 6. The van der Waals surface area contributed by atoms with Crippen molar-refractivity contribution in [2.75, 3.05) is 17.3 Å². The van der Waals surface area contributed by atoms with Crippen LogP contribution in [0.1, 0.15) is 18.1 Å². The molecule has 0 unspecified atom stereocenters. The third kappa shape index (κ3) is 2.88. The van der Waals surface area contributed by atoms with Crippen molar-refractivity contribution in [2.45, 2.75) is 6.92 Å². The summed E-state index contributed by atoms with van der Waals surface area (Å²) in [7, 11) is 1.51. The van der Waals surface area contributed by atoms with E-state index in [4.69, 9.17) is 0 Å². The van der Waals surface area contributed by atoms with Gasteiger partial charge in [0.15, 0.2) is 0 Å². The number of benzene rings is 2. The molecule has 2 amide bonds. The number of fused-ring (bicyclic) bond motifs is 1. The fraction of sp³-hybridized carbons (Fsp3) is 0.111. The van der Waals surface area contributed by atoms with Gasteiger partial charge < -0.3 is 10.4 Å². The Morgan fingerprint density at radius 2 is 1.96 bits per heavy atom. The number of imide groups is 1. The van der Waals surface area contributed by atoms with E-state index >= 15 is 0 Å². The third-order valence-corrected chi connectivity index (χ3v) is 4.18. The van der Waals surface area contributed by atoms with Crippen LogP contribution in [0.5, 0.6) is 0 Å². The molecule has 2 aromatic carbocycles. The van der Waals surface area contributed by atoms with Crippen molar-refractivity contribution in [3.63, 3.8) is 0 Å². The van der Waals surface area contributed by atoms with Crippen molar-refractivity contribution in [1.82, 2.24) is 0 Å². The highest BCUT2D eigenvalue weighted by Gasteiger charge is 2.38. The molecule has 2 aromatic rings. The fourth-order valence-electron chi connectivity index (χ4n) is 2.96. The van der Waals surface area contributed by atoms with Gasteiger partial charge >= 0.3 is 0 Å². The van der Waals surface area contributed by atoms with E-state index in [1.807, 2.05) is 0 Å². The molecule has 0 saturated carbocycles. The second kappa shape index (κ2) is 6.52. The second-order valence-electron chi connectivity index (χ2n) is 5.78. The summed E-state index contributed by atoms with van der Waals surface area (Å²) in [4.78, 5) is 35.9. The largest absolute Gasteiger partial charge is 0.506 e. The van der Waals surface area contributed by atoms with Crippen LogP contribution in [0.2, 0.25) is 0 Å². The van der Waals surface area contributed by atoms with Crippen LogP contribution in [0.3, 0.4) is 0 Å². The van der Waals surface area contributed by atoms with Crippen LogP contribution in [-0.4, -0.2) is 28.9 Å². The molecular formula is C18H14FN3O5. The summed E-state index contributed by atoms with van der Waals surface area (Å²) < 4.78 is 13.6. The van der Waals surface area contributed by atoms with Crippen molar-refractivity contribution in [3.8, 4) is 0 Å². The summed E-state index contributed by atoms with van der Waals surface area (Å²) in [6.07, 6.45) is 0. The highest BCUT2D eigenvalue weighted by atomic mass is 19.1. The predicted molar refractivity (Wildman–Crippen MR) is 96.7 cm³/mol. The molecule has 3 rings (SSSR count). The van der Waals surface area contributed by atoms with Gasteiger partial charge in [0.2, 0.25) is 5.91 Å². The molecule has 0 fully saturated rings. The van der Waals surface area contributed by atoms with Gasteiger partial charge in [0.25, 0.3) is 11.6 Å². The van der Waals surface area contributed by atoms with E-state index < -0.39 is 28.3 Å². The summed E-state index contributed by atoms with van der Waals surface area (Å²) in [6, 6.07) is 7.28. The zero-order valence-corrected chi connectivity index (χ0v) is 14.3. The number of hydrogen-bond donors (Lipinski definition) is 2. The number of nitro benzene ring substituents is 1. The lowest BCUT2D eigenvalue weighted by Crippen LogP contribution is -2.31. The quantitative estimate of drug-likeness (QED) is 0.371. The molecule has 0 spiro atoms. The minimum atomic E-state index is -0.832. The Labute approximate surface area is 152 Å². The number of nitrogens with zero attached hydrogens (tertiary/aromatic N) is 2. The monoisotopic (exact) mass is 371 g/mol. The standard InChI is InChI=1S/C18H14FN3O5/c1-9(23)21-14-8-11(19)4-5-12(14)16(18(21)25)17(24)10-3-6-13(20-2)15(7-10)22(26)27/h3-8,20,24H,1-2H3/b17-16+. The maximum atomic E-state index is 13.6. The number of carbonyl (C=O) groups is 2. The lowest BCUT2D eigenvalue weighted by Gasteiger charge is -2.12. The number of rotatable bonds is 3. The molecule has 0 aliphatic carbocycles. The molecule has 8 nitrogen and oxygen atoms in total. The first-order valence-electron chi connectivity index (χ1n) is 7.81. The topological polar surface area (TPSA) is 113 Å². The van der Waals surface area contributed by atoms with E-state index in [-0.39, 0.29) is 33.8 Å². The van der Waals surface area contributed by atoms with Gasteiger partial charge in [-0.25, -0.2) is 9.29 Å². The van der Waals surface area contributed by atoms with Crippen molar-refractivity contribution in [2.24, 2.45) is 0 Å². The van der Waals surface area contributed by atoms with Gasteiger partial charge in [0.05, 0.1) is 16.2 Å². The Bertz CT molecular complexity index is 1030. The average Bonchev–Trinajstić information content (AvgIpc) is 2.91. The molecule has 1 aliphatic rings. The zero-order chi connectivity index (χ0) is 19.9. The van der Waals surface area contributed by atoms with Crippen molar-refractivity contribution >= 4 is 40.2 Å². The van der Waals surface area contributed by atoms with Crippen LogP contribution < -0.4 is 10.2 Å². The van der Waals surface area contributed by atoms with Gasteiger partial charge in [0.1, 0.15) is 17.3 Å². The summed E-state index contributed by atoms with van der Waals surface area (Å²) in [6.45, 7) is 1.14. The highest BCUT2D eigenvalue weighted by molar-refractivity contribution is 6.42. The number of aliphatic hydroxyl groups excluding tert-OH is 1. The number of amides is 2. The average molecular weight is 371 g/mol. The van der Waals surface area contributed by atoms with Crippen molar-refractivity contribution < 1.29 is 24.0 Å². The molecular weight excluding hydrogens is 357 g/mol. The van der Waals surface area contributed by atoms with E-state index in [2.05, 4.69) is 5.32 Å². The zero-order valence-electron chi connectivity index (χ0n) is 14.3. The minimum Gasteiger partial charge on any atom is -0.506 e. The van der Waals surface area contributed by atoms with Crippen LogP contribution in [-0.2, 0) is 9.59 Å². The van der Waals surface area contributed by atoms with Crippen LogP contribution >= 0.6 is 0 Å². The molecule has 0 radical (unpaired) electrons. The Morgan fingerprint density at radius 1 is 1.26 bits per heavy atom. The number of carbonyl (C=O) groups excluding carboxylic acids is 2. The number of nitro groups is 1. The van der Waals surface area contributed by atoms with Gasteiger partial charge in [0, 0.05) is 31.2 Å². The summed E-state index contributed by atoms with van der Waals surface area (Å²) >= 11 is 0. The van der Waals surface area contributed by atoms with Gasteiger partial charge in [-0.15, -0.1) is 0 Å². The van der Waals surface area contributed by atoms with E-state index in [0.29, 0.717) is 0 Å². The van der Waals surface area contributed by atoms with Gasteiger partial charge in [-0.3, -0.25) is 19.7 Å². The van der Waals surface area contributed by atoms with Crippen molar-refractivity contribution in [3.05, 3.63) is 63.5 Å². The molecule has 0 aromatic heterocycles. The first-order chi connectivity index (χ1) is 12.8. The Balaban J connectivity index is 2.24. The first kappa shape index (κ1) is 18.1. The lowest BCUT2D eigenvalue weighted by atomic mass is 10.0. The van der Waals surface area contributed by atoms with Crippen LogP contribution in [0.15, 0.2) is 36.4 Å². The number of halogens is 1. The van der Waals surface area contributed by atoms with Gasteiger partial charge in [-0.1, -0.05) is 0 Å². The maximum absolute atomic E-state index is 13.6. The first-order valence-corrected chi connectivity index (χ1v) is 7.81. The van der Waals surface area contributed by atoms with E-state index in [1.54, 1.807) is 0 Å². The van der Waals surface area contributed by atoms with Crippen LogP contribution in [0, 0.1) is 15.9 Å². The highest BCUT2D eigenvalue weighted by Crippen LogP contribution is 2.41. The molecule has 0 saturated heterocycles. The third-order valence-electron chi connectivity index (χ3n) is 4.18. The summed E-state index contributed by atoms with van der Waals surface area (Å²) in [5, 5.41) is 24.5. The molecule has 27 heavy (non-hydrogen) atoms. The molecule has 1 heterocycles. The Hall–Kier alpha value is -3.75. The SMILES string of the molecule is CNc1ccc(/C(O)=C2\C(=O)N(C(C)=O)c3cc(F)ccc32)cc1[N+](=O)[O-]. The minimum absolute atomic E-state index is 0.00962. The normalized spacial score (nSPS) is 14.8. The van der Waals surface area contributed by atoms with Gasteiger partial charge in [-0.05, 0) is 30.3 Å². The molecule has 1 aliphatic heterocycles. The summed E-state index contributed by atoms with van der Waals surface area (Å²) in [5.41, 5.74) is -0.108. The van der Waals surface area contributed by atoms with Crippen molar-refractivity contribution in [1.29, 1.82) is 0 Å². The Morgan fingerprint density at radius 3 is 2.56 bits per heavy atom. The summed E-state index contributed by atoms with van der Waals surface area (Å²) in [5.74, 6) is -2.67. The molecule has 2 N–H and O–H groups in total. The fourth-order valence-corrected chi connectivity index (χ4v) is 2.96. The van der Waals surface area contributed by atoms with E-state index in [0.717, 1.165) is 30.0 Å². The molecule has 0 atom stereocenters. The molecule has 0 bridgehead atoms. The van der Waals surface area contributed by atoms with E-state index in [9.17, 15) is 29.2 Å². The van der Waals surface area contributed by atoms with E-state index in [1.165, 1.54) is 25.2 Å². The van der Waals surface area contributed by atoms with Crippen LogP contribution in [0.25, 0.3) is 11.3 Å². The smallest absolute Gasteiger partial charge is 0.293 e. The van der Waals surface area contributed by atoms with Gasteiger partial charge in [-0.2, -0.15) is 0 Å². The number of aliphatic hydroxyl groups is 1. The predicted octanol–water partition coefficient (Wildman–Crippen LogP) is 3.10. The second-order valence-corrected chi connectivity index (χ2v) is 5.78. The van der Waals surface area contributed by atoms with Crippen LogP contribution in [0.4, 0.5) is 21.5 Å².